The van der Waals surface area contributed by atoms with Crippen LogP contribution in [0.2, 0.25) is 0 Å². The normalized spacial score (nSPS) is 41.2. The van der Waals surface area contributed by atoms with Gasteiger partial charge in [-0.25, -0.2) is 0 Å². The van der Waals surface area contributed by atoms with Gasteiger partial charge in [0.15, 0.2) is 0 Å². The van der Waals surface area contributed by atoms with Gasteiger partial charge < -0.3 is 9.84 Å². The van der Waals surface area contributed by atoms with E-state index in [2.05, 4.69) is 0 Å². The minimum atomic E-state index is -0.677. The Balaban J connectivity index is 2.19. The predicted molar refractivity (Wildman–Crippen MR) is 56.2 cm³/mol. The lowest BCUT2D eigenvalue weighted by atomic mass is 9.64. The summed E-state index contributed by atoms with van der Waals surface area (Å²) in [6.07, 6.45) is 3.22. The number of ether oxygens (including phenoxy) is 1. The molecule has 3 heteroatoms. The van der Waals surface area contributed by atoms with Crippen LogP contribution in [0.4, 0.5) is 0 Å². The van der Waals surface area contributed by atoms with Crippen LogP contribution in [0.3, 0.4) is 0 Å². The SMILES string of the molecule is CC(C)(O)[C@@H]1CC[C@@]2(C)C[C@@H]1CC(=O)O2. The molecule has 2 fully saturated rings. The molecule has 0 spiro atoms. The van der Waals surface area contributed by atoms with Gasteiger partial charge in [0.25, 0.3) is 0 Å². The van der Waals surface area contributed by atoms with Crippen LogP contribution in [0, 0.1) is 11.8 Å². The molecule has 86 valence electrons. The van der Waals surface area contributed by atoms with Crippen molar-refractivity contribution >= 4 is 5.97 Å². The van der Waals surface area contributed by atoms with Crippen molar-refractivity contribution in [2.45, 2.75) is 57.7 Å². The van der Waals surface area contributed by atoms with Crippen molar-refractivity contribution in [3.8, 4) is 0 Å². The zero-order valence-electron chi connectivity index (χ0n) is 9.75. The number of hydrogen-bond donors (Lipinski definition) is 1. The highest BCUT2D eigenvalue weighted by molar-refractivity contribution is 5.71. The van der Waals surface area contributed by atoms with E-state index in [1.807, 2.05) is 20.8 Å². The summed E-state index contributed by atoms with van der Waals surface area (Å²) in [7, 11) is 0. The van der Waals surface area contributed by atoms with Crippen LogP contribution in [0.1, 0.15) is 46.5 Å². The topological polar surface area (TPSA) is 46.5 Å². The number of carbonyl (C=O) groups excluding carboxylic acids is 1. The molecule has 3 nitrogen and oxygen atoms in total. The monoisotopic (exact) mass is 212 g/mol. The van der Waals surface area contributed by atoms with E-state index in [0.717, 1.165) is 19.3 Å². The Morgan fingerprint density at radius 1 is 1.53 bits per heavy atom. The average Bonchev–Trinajstić information content (AvgIpc) is 1.97. The van der Waals surface area contributed by atoms with Crippen molar-refractivity contribution < 1.29 is 14.6 Å². The zero-order valence-corrected chi connectivity index (χ0v) is 9.75. The maximum Gasteiger partial charge on any atom is 0.306 e. The first-order valence-corrected chi connectivity index (χ1v) is 5.74. The van der Waals surface area contributed by atoms with Crippen LogP contribution in [0.5, 0.6) is 0 Å². The van der Waals surface area contributed by atoms with Crippen LogP contribution >= 0.6 is 0 Å². The summed E-state index contributed by atoms with van der Waals surface area (Å²) in [5.41, 5.74) is -0.939. The molecule has 2 bridgehead atoms. The van der Waals surface area contributed by atoms with E-state index < -0.39 is 5.60 Å². The van der Waals surface area contributed by atoms with Gasteiger partial charge in [0.1, 0.15) is 5.60 Å². The smallest absolute Gasteiger partial charge is 0.306 e. The van der Waals surface area contributed by atoms with Crippen molar-refractivity contribution in [2.75, 3.05) is 0 Å². The maximum absolute atomic E-state index is 11.5. The summed E-state index contributed by atoms with van der Waals surface area (Å²) in [5, 5.41) is 10.1. The molecule has 1 saturated carbocycles. The summed E-state index contributed by atoms with van der Waals surface area (Å²) >= 11 is 0. The van der Waals surface area contributed by atoms with Crippen molar-refractivity contribution in [3.05, 3.63) is 0 Å². The van der Waals surface area contributed by atoms with E-state index >= 15 is 0 Å². The standard InChI is InChI=1S/C12H20O3/c1-11(2,14)9-4-5-12(3)7-8(9)6-10(13)15-12/h8-9,14H,4-7H2,1-3H3/t8-,9+,12-/m0/s1. The number of hydrogen-bond acceptors (Lipinski definition) is 3. The highest BCUT2D eigenvalue weighted by Crippen LogP contribution is 2.47. The Morgan fingerprint density at radius 3 is 2.80 bits per heavy atom. The lowest BCUT2D eigenvalue weighted by Crippen LogP contribution is -2.51. The van der Waals surface area contributed by atoms with Gasteiger partial charge in [0.05, 0.1) is 5.60 Å². The number of carbonyl (C=O) groups is 1. The number of fused-ring (bicyclic) bond motifs is 2. The van der Waals surface area contributed by atoms with Gasteiger partial charge in [-0.1, -0.05) is 0 Å². The molecule has 2 rings (SSSR count). The molecule has 1 aliphatic heterocycles. The van der Waals surface area contributed by atoms with Gasteiger partial charge in [0, 0.05) is 6.42 Å². The molecule has 3 atom stereocenters. The molecule has 0 aromatic rings. The molecule has 0 aromatic heterocycles. The fraction of sp³-hybridized carbons (Fsp3) is 0.917. The van der Waals surface area contributed by atoms with Gasteiger partial charge in [-0.05, 0) is 51.9 Å². The second-order valence-corrected chi connectivity index (χ2v) is 5.89. The van der Waals surface area contributed by atoms with Crippen molar-refractivity contribution in [1.29, 1.82) is 0 Å². The summed E-state index contributed by atoms with van der Waals surface area (Å²) in [6.45, 7) is 5.71. The predicted octanol–water partition coefficient (Wildman–Crippen LogP) is 1.88. The molecule has 1 heterocycles. The quantitative estimate of drug-likeness (QED) is 0.675. The van der Waals surface area contributed by atoms with E-state index in [1.165, 1.54) is 0 Å². The van der Waals surface area contributed by atoms with Crippen molar-refractivity contribution in [2.24, 2.45) is 11.8 Å². The lowest BCUT2D eigenvalue weighted by Gasteiger charge is -2.49. The molecular formula is C12H20O3. The molecule has 2 aliphatic rings. The third-order valence-electron chi connectivity index (χ3n) is 3.94. The van der Waals surface area contributed by atoms with Crippen LogP contribution in [-0.4, -0.2) is 22.3 Å². The first-order valence-electron chi connectivity index (χ1n) is 5.74. The first kappa shape index (κ1) is 10.9. The molecular weight excluding hydrogens is 192 g/mol. The van der Waals surface area contributed by atoms with E-state index in [-0.39, 0.29) is 17.5 Å². The fourth-order valence-electron chi connectivity index (χ4n) is 3.26. The highest BCUT2D eigenvalue weighted by atomic mass is 16.6. The second kappa shape index (κ2) is 3.21. The average molecular weight is 212 g/mol. The van der Waals surface area contributed by atoms with E-state index in [0.29, 0.717) is 12.3 Å². The number of rotatable bonds is 1. The molecule has 1 N–H and O–H groups in total. The summed E-state index contributed by atoms with van der Waals surface area (Å²) < 4.78 is 5.39. The Hall–Kier alpha value is -0.570. The van der Waals surface area contributed by atoms with E-state index in [9.17, 15) is 9.90 Å². The minimum absolute atomic E-state index is 0.0947. The van der Waals surface area contributed by atoms with Crippen LogP contribution in [0.15, 0.2) is 0 Å². The summed E-state index contributed by atoms with van der Waals surface area (Å²) in [4.78, 5) is 11.5. The van der Waals surface area contributed by atoms with Gasteiger partial charge in [0.2, 0.25) is 0 Å². The maximum atomic E-state index is 11.5. The van der Waals surface area contributed by atoms with Gasteiger partial charge in [-0.3, -0.25) is 4.79 Å². The Bertz CT molecular complexity index is 279. The summed E-state index contributed by atoms with van der Waals surface area (Å²) in [5.74, 6) is 0.436. The van der Waals surface area contributed by atoms with Crippen LogP contribution < -0.4 is 0 Å². The lowest BCUT2D eigenvalue weighted by molar-refractivity contribution is -0.185. The zero-order chi connectivity index (χ0) is 11.3. The fourth-order valence-corrected chi connectivity index (χ4v) is 3.26. The number of esters is 1. The third kappa shape index (κ3) is 2.03. The van der Waals surface area contributed by atoms with Gasteiger partial charge in [-0.2, -0.15) is 0 Å². The van der Waals surface area contributed by atoms with Crippen molar-refractivity contribution in [3.63, 3.8) is 0 Å². The van der Waals surface area contributed by atoms with E-state index in [1.54, 1.807) is 0 Å². The molecule has 0 unspecified atom stereocenters. The second-order valence-electron chi connectivity index (χ2n) is 5.89. The molecule has 1 aliphatic carbocycles. The Labute approximate surface area is 90.8 Å². The largest absolute Gasteiger partial charge is 0.459 e. The highest BCUT2D eigenvalue weighted by Gasteiger charge is 2.48. The summed E-state index contributed by atoms with van der Waals surface area (Å²) in [6, 6.07) is 0. The molecule has 15 heavy (non-hydrogen) atoms. The van der Waals surface area contributed by atoms with Gasteiger partial charge in [-0.15, -0.1) is 0 Å². The first-order chi connectivity index (χ1) is 6.80. The molecule has 1 saturated heterocycles. The van der Waals surface area contributed by atoms with Crippen molar-refractivity contribution in [1.82, 2.24) is 0 Å². The number of aliphatic hydroxyl groups is 1. The Morgan fingerprint density at radius 2 is 2.20 bits per heavy atom. The molecule has 0 amide bonds. The molecule has 0 aromatic carbocycles. The Kier molecular flexibility index (Phi) is 2.34. The van der Waals surface area contributed by atoms with Crippen LogP contribution in [0.25, 0.3) is 0 Å². The van der Waals surface area contributed by atoms with Gasteiger partial charge >= 0.3 is 5.97 Å². The van der Waals surface area contributed by atoms with E-state index in [4.69, 9.17) is 4.74 Å². The minimum Gasteiger partial charge on any atom is -0.459 e. The molecule has 0 radical (unpaired) electrons. The third-order valence-corrected chi connectivity index (χ3v) is 3.94. The van der Waals surface area contributed by atoms with Crippen LogP contribution in [-0.2, 0) is 9.53 Å².